The maximum absolute atomic E-state index is 13.3. The summed E-state index contributed by atoms with van der Waals surface area (Å²) >= 11 is 0. The van der Waals surface area contributed by atoms with Crippen molar-refractivity contribution in [2.45, 2.75) is 33.4 Å². The number of carbonyl (C=O) groups excluding carboxylic acids is 3. The molecular weight excluding hydrogens is 387 g/mol. The lowest BCUT2D eigenvalue weighted by Gasteiger charge is -2.22. The van der Waals surface area contributed by atoms with Crippen LogP contribution in [0.3, 0.4) is 0 Å². The lowest BCUT2D eigenvalue weighted by atomic mass is 10.0. The van der Waals surface area contributed by atoms with Crippen molar-refractivity contribution >= 4 is 17.8 Å². The lowest BCUT2D eigenvalue weighted by molar-refractivity contribution is -0.154. The summed E-state index contributed by atoms with van der Waals surface area (Å²) in [5.41, 5.74) is 1.89. The molecule has 160 valence electrons. The van der Waals surface area contributed by atoms with E-state index in [1.54, 1.807) is 45.2 Å². The summed E-state index contributed by atoms with van der Waals surface area (Å²) < 4.78 is 18.4. The fourth-order valence-corrected chi connectivity index (χ4v) is 2.87. The van der Waals surface area contributed by atoms with Crippen LogP contribution in [0.5, 0.6) is 0 Å². The van der Waals surface area contributed by atoms with Crippen molar-refractivity contribution in [3.8, 4) is 0 Å². The van der Waals surface area contributed by atoms with Crippen LogP contribution in [0.2, 0.25) is 0 Å². The van der Waals surface area contributed by atoms with Gasteiger partial charge < -0.3 is 15.0 Å². The van der Waals surface area contributed by atoms with E-state index >= 15 is 0 Å². The van der Waals surface area contributed by atoms with Gasteiger partial charge in [-0.25, -0.2) is 9.18 Å². The molecule has 2 aromatic rings. The zero-order chi connectivity index (χ0) is 22.3. The number of hydrogen-bond donors (Lipinski definition) is 1. The maximum atomic E-state index is 13.3. The molecule has 1 atom stereocenters. The molecule has 2 rings (SSSR count). The largest absolute Gasteiger partial charge is 0.454 e. The van der Waals surface area contributed by atoms with Crippen molar-refractivity contribution in [2.75, 3.05) is 13.7 Å². The zero-order valence-electron chi connectivity index (χ0n) is 17.6. The van der Waals surface area contributed by atoms with Crippen LogP contribution < -0.4 is 5.32 Å². The van der Waals surface area contributed by atoms with Crippen LogP contribution >= 0.6 is 0 Å². The maximum Gasteiger partial charge on any atom is 0.329 e. The highest BCUT2D eigenvalue weighted by Gasteiger charge is 2.27. The normalized spacial score (nSPS) is 11.7. The number of rotatable bonds is 8. The first-order valence-corrected chi connectivity index (χ1v) is 9.70. The monoisotopic (exact) mass is 414 g/mol. The van der Waals surface area contributed by atoms with Gasteiger partial charge in [0.25, 0.3) is 11.8 Å². The van der Waals surface area contributed by atoms with Crippen LogP contribution in [0.15, 0.2) is 48.5 Å². The summed E-state index contributed by atoms with van der Waals surface area (Å²) in [5, 5.41) is 2.69. The molecule has 1 unspecified atom stereocenters. The Morgan fingerprint density at radius 3 is 2.43 bits per heavy atom. The average molecular weight is 414 g/mol. The first-order chi connectivity index (χ1) is 14.2. The van der Waals surface area contributed by atoms with E-state index in [0.29, 0.717) is 11.1 Å². The Morgan fingerprint density at radius 1 is 1.10 bits per heavy atom. The Balaban J connectivity index is 1.93. The second kappa shape index (κ2) is 10.5. The minimum atomic E-state index is -0.890. The highest BCUT2D eigenvalue weighted by Crippen LogP contribution is 2.11. The molecule has 0 aliphatic heterocycles. The topological polar surface area (TPSA) is 75.7 Å². The fourth-order valence-electron chi connectivity index (χ4n) is 2.87. The fraction of sp³-hybridized carbons (Fsp3) is 0.348. The molecule has 0 aliphatic rings. The van der Waals surface area contributed by atoms with Gasteiger partial charge in [0, 0.05) is 19.2 Å². The predicted molar refractivity (Wildman–Crippen MR) is 111 cm³/mol. The minimum Gasteiger partial charge on any atom is -0.454 e. The van der Waals surface area contributed by atoms with Gasteiger partial charge in [0.05, 0.1) is 0 Å². The third-order valence-corrected chi connectivity index (χ3v) is 4.67. The van der Waals surface area contributed by atoms with Crippen LogP contribution in [-0.2, 0) is 20.9 Å². The number of ether oxygens (including phenoxy) is 1. The summed E-state index contributed by atoms with van der Waals surface area (Å²) in [6, 6.07) is 12.1. The number of benzene rings is 2. The summed E-state index contributed by atoms with van der Waals surface area (Å²) in [4.78, 5) is 38.7. The van der Waals surface area contributed by atoms with Gasteiger partial charge in [-0.3, -0.25) is 9.59 Å². The standard InChI is InChI=1S/C23H27FN2O4/c1-15(2)21(25-22(28)19-11-6-5-8-16(19)3)23(29)30-14-20(27)26(4)13-17-9-7-10-18(24)12-17/h5-12,15,21H,13-14H2,1-4H3,(H,25,28). The lowest BCUT2D eigenvalue weighted by Crippen LogP contribution is -2.46. The van der Waals surface area contributed by atoms with Gasteiger partial charge in [-0.2, -0.15) is 0 Å². The van der Waals surface area contributed by atoms with E-state index in [1.807, 2.05) is 19.1 Å². The molecule has 0 bridgehead atoms. The SMILES string of the molecule is Cc1ccccc1C(=O)NC(C(=O)OCC(=O)N(C)Cc1cccc(F)c1)C(C)C. The van der Waals surface area contributed by atoms with Gasteiger partial charge in [0.15, 0.2) is 6.61 Å². The number of aryl methyl sites for hydroxylation is 1. The van der Waals surface area contributed by atoms with Crippen LogP contribution in [0.4, 0.5) is 4.39 Å². The number of halogens is 1. The number of esters is 1. The third-order valence-electron chi connectivity index (χ3n) is 4.67. The molecule has 30 heavy (non-hydrogen) atoms. The van der Waals surface area contributed by atoms with Crippen molar-refractivity contribution in [3.05, 3.63) is 71.0 Å². The van der Waals surface area contributed by atoms with Crippen molar-refractivity contribution in [2.24, 2.45) is 5.92 Å². The van der Waals surface area contributed by atoms with Gasteiger partial charge in [-0.05, 0) is 42.2 Å². The Morgan fingerprint density at radius 2 is 1.80 bits per heavy atom. The highest BCUT2D eigenvalue weighted by atomic mass is 19.1. The first-order valence-electron chi connectivity index (χ1n) is 9.70. The van der Waals surface area contributed by atoms with Gasteiger partial charge in [0.2, 0.25) is 0 Å². The quantitative estimate of drug-likeness (QED) is 0.674. The highest BCUT2D eigenvalue weighted by molar-refractivity contribution is 5.98. The van der Waals surface area contributed by atoms with Crippen LogP contribution in [0, 0.1) is 18.7 Å². The number of hydrogen-bond acceptors (Lipinski definition) is 4. The molecule has 0 heterocycles. The molecule has 2 amide bonds. The van der Waals surface area contributed by atoms with E-state index in [9.17, 15) is 18.8 Å². The second-order valence-electron chi connectivity index (χ2n) is 7.50. The third kappa shape index (κ3) is 6.40. The molecule has 0 spiro atoms. The van der Waals surface area contributed by atoms with Crippen LogP contribution in [0.1, 0.15) is 35.3 Å². The summed E-state index contributed by atoms with van der Waals surface area (Å²) in [6.45, 7) is 5.09. The molecule has 0 fully saturated rings. The number of carbonyl (C=O) groups is 3. The van der Waals surface area contributed by atoms with E-state index in [0.717, 1.165) is 5.56 Å². The molecular formula is C23H27FN2O4. The van der Waals surface area contributed by atoms with E-state index in [2.05, 4.69) is 5.32 Å². The summed E-state index contributed by atoms with van der Waals surface area (Å²) in [6.07, 6.45) is 0. The zero-order valence-corrected chi connectivity index (χ0v) is 17.6. The number of nitrogens with zero attached hydrogens (tertiary/aromatic N) is 1. The molecule has 0 saturated heterocycles. The van der Waals surface area contributed by atoms with Crippen molar-refractivity contribution < 1.29 is 23.5 Å². The Bertz CT molecular complexity index is 914. The molecule has 0 radical (unpaired) electrons. The van der Waals surface area contributed by atoms with E-state index in [1.165, 1.54) is 17.0 Å². The Labute approximate surface area is 176 Å². The summed E-state index contributed by atoms with van der Waals surface area (Å²) in [5.74, 6) is -2.10. The number of likely N-dealkylation sites (N-methyl/N-ethyl adjacent to an activating group) is 1. The van der Waals surface area contributed by atoms with E-state index in [-0.39, 0.29) is 24.2 Å². The van der Waals surface area contributed by atoms with Crippen molar-refractivity contribution in [3.63, 3.8) is 0 Å². The summed E-state index contributed by atoms with van der Waals surface area (Å²) in [7, 11) is 1.54. The number of nitrogens with one attached hydrogen (secondary N) is 1. The van der Waals surface area contributed by atoms with Gasteiger partial charge in [0.1, 0.15) is 11.9 Å². The molecule has 1 N–H and O–H groups in total. The van der Waals surface area contributed by atoms with E-state index in [4.69, 9.17) is 4.74 Å². The minimum absolute atomic E-state index is 0.186. The van der Waals surface area contributed by atoms with Crippen LogP contribution in [0.25, 0.3) is 0 Å². The number of amides is 2. The second-order valence-corrected chi connectivity index (χ2v) is 7.50. The van der Waals surface area contributed by atoms with Gasteiger partial charge in [-0.1, -0.05) is 44.2 Å². The van der Waals surface area contributed by atoms with Crippen molar-refractivity contribution in [1.82, 2.24) is 10.2 Å². The molecule has 7 heteroatoms. The van der Waals surface area contributed by atoms with Crippen LogP contribution in [-0.4, -0.2) is 42.4 Å². The van der Waals surface area contributed by atoms with Gasteiger partial charge >= 0.3 is 5.97 Å². The molecule has 0 aromatic heterocycles. The predicted octanol–water partition coefficient (Wildman–Crippen LogP) is 3.09. The molecule has 0 aliphatic carbocycles. The first kappa shape index (κ1) is 23.1. The Hall–Kier alpha value is -3.22. The smallest absolute Gasteiger partial charge is 0.329 e. The van der Waals surface area contributed by atoms with E-state index < -0.39 is 24.5 Å². The molecule has 2 aromatic carbocycles. The average Bonchev–Trinajstić information content (AvgIpc) is 2.69. The molecule has 6 nitrogen and oxygen atoms in total. The van der Waals surface area contributed by atoms with Crippen molar-refractivity contribution in [1.29, 1.82) is 0 Å². The molecule has 0 saturated carbocycles. The van der Waals surface area contributed by atoms with Gasteiger partial charge in [-0.15, -0.1) is 0 Å². The Kier molecular flexibility index (Phi) is 8.09.